The molecule has 1 unspecified atom stereocenters. The van der Waals surface area contributed by atoms with Gasteiger partial charge < -0.3 is 11.1 Å². The molecule has 19 heavy (non-hydrogen) atoms. The highest BCUT2D eigenvalue weighted by Crippen LogP contribution is 2.22. The van der Waals surface area contributed by atoms with Gasteiger partial charge in [-0.2, -0.15) is 11.3 Å². The number of carbonyl (C=O) groups is 1. The van der Waals surface area contributed by atoms with Crippen LogP contribution in [0.3, 0.4) is 0 Å². The lowest BCUT2D eigenvalue weighted by Gasteiger charge is -2.29. The lowest BCUT2D eigenvalue weighted by atomic mass is 10.1. The molecule has 1 rings (SSSR count). The number of nitrogens with zero attached hydrogens (tertiary/aromatic N) is 1. The number of hydrogen-bond acceptors (Lipinski definition) is 4. The summed E-state index contributed by atoms with van der Waals surface area (Å²) in [6, 6.07) is 2.36. The Morgan fingerprint density at radius 3 is 2.47 bits per heavy atom. The first kappa shape index (κ1) is 21.0. The molecule has 0 fully saturated rings. The Kier molecular flexibility index (Phi) is 12.7. The monoisotopic (exact) mass is 327 g/mol. The van der Waals surface area contributed by atoms with Gasteiger partial charge >= 0.3 is 0 Å². The Morgan fingerprint density at radius 2 is 2.05 bits per heavy atom. The van der Waals surface area contributed by atoms with Gasteiger partial charge in [-0.1, -0.05) is 13.8 Å². The van der Waals surface area contributed by atoms with Crippen molar-refractivity contribution in [1.29, 1.82) is 0 Å². The molecular weight excluding hydrogens is 305 g/mol. The highest BCUT2D eigenvalue weighted by molar-refractivity contribution is 7.07. The van der Waals surface area contributed by atoms with Crippen LogP contribution in [0.15, 0.2) is 16.8 Å². The molecule has 0 aromatic carbocycles. The van der Waals surface area contributed by atoms with Gasteiger partial charge in [0.1, 0.15) is 0 Å². The SMILES string of the molecule is CCN(CC)C(CNC(=O)CN)c1ccsc1.Cl.Cl. The van der Waals surface area contributed by atoms with Crippen LogP contribution in [0.25, 0.3) is 0 Å². The maximum Gasteiger partial charge on any atom is 0.233 e. The molecule has 112 valence electrons. The summed E-state index contributed by atoms with van der Waals surface area (Å²) in [4.78, 5) is 13.6. The molecule has 4 nitrogen and oxygen atoms in total. The standard InChI is InChI=1S/C12H21N3OS.2ClH/c1-3-15(4-2)11(8-14-12(16)7-13)10-5-6-17-9-10;;/h5-6,9,11H,3-4,7-8,13H2,1-2H3,(H,14,16);2*1H. The van der Waals surface area contributed by atoms with Crippen molar-refractivity contribution in [1.82, 2.24) is 10.2 Å². The van der Waals surface area contributed by atoms with E-state index in [4.69, 9.17) is 5.73 Å². The summed E-state index contributed by atoms with van der Waals surface area (Å²) in [5, 5.41) is 7.07. The maximum absolute atomic E-state index is 11.2. The van der Waals surface area contributed by atoms with Crippen molar-refractivity contribution in [3.05, 3.63) is 22.4 Å². The van der Waals surface area contributed by atoms with Crippen molar-refractivity contribution in [3.63, 3.8) is 0 Å². The fourth-order valence-electron chi connectivity index (χ4n) is 1.87. The lowest BCUT2D eigenvalue weighted by Crippen LogP contribution is -2.39. The van der Waals surface area contributed by atoms with Crippen molar-refractivity contribution in [2.24, 2.45) is 5.73 Å². The molecule has 7 heteroatoms. The average molecular weight is 328 g/mol. The van der Waals surface area contributed by atoms with Gasteiger partial charge in [0.25, 0.3) is 0 Å². The Morgan fingerprint density at radius 1 is 1.42 bits per heavy atom. The molecule has 0 aliphatic heterocycles. The zero-order chi connectivity index (χ0) is 12.7. The number of thiophene rings is 1. The van der Waals surface area contributed by atoms with Crippen molar-refractivity contribution in [2.45, 2.75) is 19.9 Å². The van der Waals surface area contributed by atoms with E-state index in [0.717, 1.165) is 13.1 Å². The first-order valence-corrected chi connectivity index (χ1v) is 6.90. The van der Waals surface area contributed by atoms with E-state index >= 15 is 0 Å². The van der Waals surface area contributed by atoms with Crippen molar-refractivity contribution in [3.8, 4) is 0 Å². The number of amides is 1. The molecule has 0 saturated carbocycles. The number of likely N-dealkylation sites (N-methyl/N-ethyl adjacent to an activating group) is 1. The smallest absolute Gasteiger partial charge is 0.233 e. The molecule has 0 radical (unpaired) electrons. The summed E-state index contributed by atoms with van der Waals surface area (Å²) < 4.78 is 0. The van der Waals surface area contributed by atoms with Crippen LogP contribution in [0.2, 0.25) is 0 Å². The van der Waals surface area contributed by atoms with E-state index in [2.05, 4.69) is 40.9 Å². The third-order valence-electron chi connectivity index (χ3n) is 2.86. The number of nitrogens with one attached hydrogen (secondary N) is 1. The third kappa shape index (κ3) is 6.58. The summed E-state index contributed by atoms with van der Waals surface area (Å²) in [6.07, 6.45) is 0. The van der Waals surface area contributed by atoms with Gasteiger partial charge in [-0.3, -0.25) is 9.69 Å². The molecular formula is C12H23Cl2N3OS. The summed E-state index contributed by atoms with van der Waals surface area (Å²) >= 11 is 1.68. The van der Waals surface area contributed by atoms with Crippen LogP contribution < -0.4 is 11.1 Å². The number of carbonyl (C=O) groups excluding carboxylic acids is 1. The third-order valence-corrected chi connectivity index (χ3v) is 3.56. The highest BCUT2D eigenvalue weighted by atomic mass is 35.5. The van der Waals surface area contributed by atoms with Crippen LogP contribution in [-0.4, -0.2) is 37.0 Å². The Hall–Kier alpha value is -0.330. The predicted molar refractivity (Wildman–Crippen MR) is 86.5 cm³/mol. The summed E-state index contributed by atoms with van der Waals surface area (Å²) in [5.74, 6) is -0.0996. The largest absolute Gasteiger partial charge is 0.353 e. The molecule has 1 atom stereocenters. The second kappa shape index (κ2) is 11.5. The molecule has 1 aromatic rings. The Labute approximate surface area is 131 Å². The minimum absolute atomic E-state index is 0. The predicted octanol–water partition coefficient (Wildman–Crippen LogP) is 2.05. The van der Waals surface area contributed by atoms with E-state index in [1.807, 2.05) is 0 Å². The van der Waals surface area contributed by atoms with Crippen LogP contribution in [-0.2, 0) is 4.79 Å². The number of halogens is 2. The molecule has 0 spiro atoms. The van der Waals surface area contributed by atoms with Crippen LogP contribution in [0.4, 0.5) is 0 Å². The van der Waals surface area contributed by atoms with Gasteiger partial charge in [0.15, 0.2) is 0 Å². The quantitative estimate of drug-likeness (QED) is 0.805. The molecule has 1 heterocycles. The van der Waals surface area contributed by atoms with E-state index in [1.54, 1.807) is 11.3 Å². The first-order chi connectivity index (χ1) is 8.22. The molecule has 3 N–H and O–H groups in total. The minimum Gasteiger partial charge on any atom is -0.353 e. The van der Waals surface area contributed by atoms with Crippen LogP contribution in [0.5, 0.6) is 0 Å². The van der Waals surface area contributed by atoms with E-state index < -0.39 is 0 Å². The highest BCUT2D eigenvalue weighted by Gasteiger charge is 2.18. The van der Waals surface area contributed by atoms with Gasteiger partial charge in [0, 0.05) is 6.54 Å². The second-order valence-electron chi connectivity index (χ2n) is 3.80. The number of hydrogen-bond donors (Lipinski definition) is 2. The number of nitrogens with two attached hydrogens (primary N) is 1. The van der Waals surface area contributed by atoms with E-state index in [1.165, 1.54) is 5.56 Å². The van der Waals surface area contributed by atoms with Gasteiger partial charge in [-0.05, 0) is 35.5 Å². The fourth-order valence-corrected chi connectivity index (χ4v) is 2.58. The second-order valence-corrected chi connectivity index (χ2v) is 4.58. The average Bonchev–Trinajstić information content (AvgIpc) is 2.87. The van der Waals surface area contributed by atoms with Gasteiger partial charge in [0.05, 0.1) is 12.6 Å². The fraction of sp³-hybridized carbons (Fsp3) is 0.583. The molecule has 1 amide bonds. The van der Waals surface area contributed by atoms with E-state index in [9.17, 15) is 4.79 Å². The lowest BCUT2D eigenvalue weighted by molar-refractivity contribution is -0.120. The number of rotatable bonds is 7. The molecule has 0 aliphatic rings. The van der Waals surface area contributed by atoms with E-state index in [-0.39, 0.29) is 43.3 Å². The van der Waals surface area contributed by atoms with Crippen LogP contribution in [0, 0.1) is 0 Å². The van der Waals surface area contributed by atoms with Crippen LogP contribution >= 0.6 is 36.2 Å². The minimum atomic E-state index is -0.0996. The summed E-state index contributed by atoms with van der Waals surface area (Å²) in [6.45, 7) is 6.87. The van der Waals surface area contributed by atoms with Crippen molar-refractivity contribution in [2.75, 3.05) is 26.2 Å². The van der Waals surface area contributed by atoms with Gasteiger partial charge in [0.2, 0.25) is 5.91 Å². The molecule has 1 aromatic heterocycles. The van der Waals surface area contributed by atoms with Crippen molar-refractivity contribution >= 4 is 42.1 Å². The van der Waals surface area contributed by atoms with Crippen molar-refractivity contribution < 1.29 is 4.79 Å². The van der Waals surface area contributed by atoms with Gasteiger partial charge in [-0.15, -0.1) is 24.8 Å². The maximum atomic E-state index is 11.2. The molecule has 0 bridgehead atoms. The molecule has 0 aliphatic carbocycles. The zero-order valence-electron chi connectivity index (χ0n) is 11.3. The molecule has 0 saturated heterocycles. The summed E-state index contributed by atoms with van der Waals surface area (Å²) in [7, 11) is 0. The topological polar surface area (TPSA) is 58.4 Å². The Balaban J connectivity index is 0. The van der Waals surface area contributed by atoms with E-state index in [0.29, 0.717) is 6.54 Å². The first-order valence-electron chi connectivity index (χ1n) is 5.95. The Bertz CT molecular complexity index is 332. The normalized spacial score (nSPS) is 11.4. The van der Waals surface area contributed by atoms with Gasteiger partial charge in [-0.25, -0.2) is 0 Å². The zero-order valence-corrected chi connectivity index (χ0v) is 13.7. The van der Waals surface area contributed by atoms with Crippen LogP contribution in [0.1, 0.15) is 25.5 Å². The summed E-state index contributed by atoms with van der Waals surface area (Å²) in [5.41, 5.74) is 6.55.